The lowest BCUT2D eigenvalue weighted by molar-refractivity contribution is -0.115. The van der Waals surface area contributed by atoms with Crippen LogP contribution in [0.25, 0.3) is 0 Å². The van der Waals surface area contributed by atoms with Crippen molar-refractivity contribution in [3.05, 3.63) is 11.8 Å². The van der Waals surface area contributed by atoms with E-state index in [-0.39, 0.29) is 5.78 Å². The predicted octanol–water partition coefficient (Wildman–Crippen LogP) is 3.95. The SMILES string of the molecule is C/C=C(/N)C(=O)CCCCCCCCCC. The molecule has 16 heavy (non-hydrogen) atoms. The fourth-order valence-corrected chi connectivity index (χ4v) is 1.72. The van der Waals surface area contributed by atoms with Gasteiger partial charge in [-0.2, -0.15) is 0 Å². The average Bonchev–Trinajstić information content (AvgIpc) is 2.31. The van der Waals surface area contributed by atoms with Crippen molar-refractivity contribution in [3.63, 3.8) is 0 Å². The maximum Gasteiger partial charge on any atom is 0.178 e. The monoisotopic (exact) mass is 225 g/mol. The molecule has 0 aromatic rings. The second-order valence-electron chi connectivity index (χ2n) is 4.39. The molecule has 0 aliphatic rings. The van der Waals surface area contributed by atoms with Gasteiger partial charge >= 0.3 is 0 Å². The number of Topliss-reactive ketones (excluding diaryl/α,β-unsaturated/α-hetero) is 1. The summed E-state index contributed by atoms with van der Waals surface area (Å²) >= 11 is 0. The highest BCUT2D eigenvalue weighted by Crippen LogP contribution is 2.10. The molecular weight excluding hydrogens is 198 g/mol. The molecule has 94 valence electrons. The molecule has 0 aliphatic carbocycles. The largest absolute Gasteiger partial charge is 0.396 e. The molecule has 0 aromatic carbocycles. The van der Waals surface area contributed by atoms with Gasteiger partial charge in [0.25, 0.3) is 0 Å². The Morgan fingerprint density at radius 3 is 2.00 bits per heavy atom. The Hall–Kier alpha value is -0.790. The Morgan fingerprint density at radius 2 is 1.50 bits per heavy atom. The van der Waals surface area contributed by atoms with Crippen molar-refractivity contribution in [2.24, 2.45) is 5.73 Å². The molecule has 0 bridgehead atoms. The van der Waals surface area contributed by atoms with E-state index in [0.29, 0.717) is 12.1 Å². The molecule has 0 rings (SSSR count). The molecule has 0 saturated heterocycles. The van der Waals surface area contributed by atoms with Crippen LogP contribution in [0.2, 0.25) is 0 Å². The third kappa shape index (κ3) is 8.51. The Balaban J connectivity index is 3.24. The summed E-state index contributed by atoms with van der Waals surface area (Å²) < 4.78 is 0. The Bertz CT molecular complexity index is 209. The lowest BCUT2D eigenvalue weighted by Gasteiger charge is -2.02. The second kappa shape index (κ2) is 10.7. The second-order valence-corrected chi connectivity index (χ2v) is 4.39. The van der Waals surface area contributed by atoms with Gasteiger partial charge in [-0.3, -0.25) is 4.79 Å². The van der Waals surface area contributed by atoms with Crippen molar-refractivity contribution < 1.29 is 4.79 Å². The number of carbonyl (C=O) groups is 1. The van der Waals surface area contributed by atoms with Crippen LogP contribution in [-0.4, -0.2) is 5.78 Å². The van der Waals surface area contributed by atoms with Gasteiger partial charge in [0.05, 0.1) is 5.70 Å². The molecule has 2 heteroatoms. The van der Waals surface area contributed by atoms with E-state index in [1.165, 1.54) is 38.5 Å². The standard InChI is InChI=1S/C14H27NO/c1-3-5-6-7-8-9-10-11-12-14(16)13(15)4-2/h4H,3,5-12,15H2,1-2H3/b13-4+. The number of carbonyl (C=O) groups excluding carboxylic acids is 1. The number of hydrogen-bond acceptors (Lipinski definition) is 2. The minimum atomic E-state index is 0.105. The summed E-state index contributed by atoms with van der Waals surface area (Å²) in [5.41, 5.74) is 5.94. The Kier molecular flexibility index (Phi) is 10.2. The summed E-state index contributed by atoms with van der Waals surface area (Å²) in [6.07, 6.45) is 12.4. The molecule has 0 aliphatic heterocycles. The zero-order valence-corrected chi connectivity index (χ0v) is 10.9. The lowest BCUT2D eigenvalue weighted by Crippen LogP contribution is -2.10. The van der Waals surface area contributed by atoms with Crippen molar-refractivity contribution >= 4 is 5.78 Å². The van der Waals surface area contributed by atoms with Crippen LogP contribution < -0.4 is 5.73 Å². The minimum Gasteiger partial charge on any atom is -0.396 e. The van der Waals surface area contributed by atoms with E-state index in [1.54, 1.807) is 13.0 Å². The van der Waals surface area contributed by atoms with Crippen LogP contribution in [0, 0.1) is 0 Å². The van der Waals surface area contributed by atoms with Gasteiger partial charge in [0.2, 0.25) is 0 Å². The fourth-order valence-electron chi connectivity index (χ4n) is 1.72. The Morgan fingerprint density at radius 1 is 1.00 bits per heavy atom. The van der Waals surface area contributed by atoms with Crippen molar-refractivity contribution in [2.45, 2.75) is 71.6 Å². The molecule has 0 fully saturated rings. The molecule has 2 N–H and O–H groups in total. The van der Waals surface area contributed by atoms with Crippen LogP contribution in [0.3, 0.4) is 0 Å². The van der Waals surface area contributed by atoms with E-state index >= 15 is 0 Å². The van der Waals surface area contributed by atoms with Crippen molar-refractivity contribution in [3.8, 4) is 0 Å². The zero-order valence-electron chi connectivity index (χ0n) is 10.9. The van der Waals surface area contributed by atoms with Gasteiger partial charge in [0, 0.05) is 6.42 Å². The predicted molar refractivity (Wildman–Crippen MR) is 70.2 cm³/mol. The smallest absolute Gasteiger partial charge is 0.178 e. The molecule has 0 saturated carbocycles. The number of nitrogens with two attached hydrogens (primary N) is 1. The molecule has 2 nitrogen and oxygen atoms in total. The Labute approximate surface area is 100 Å². The van der Waals surface area contributed by atoms with E-state index < -0.39 is 0 Å². The van der Waals surface area contributed by atoms with Crippen LogP contribution in [0.1, 0.15) is 71.6 Å². The summed E-state index contributed by atoms with van der Waals surface area (Å²) in [5, 5.41) is 0. The van der Waals surface area contributed by atoms with Gasteiger partial charge in [-0.25, -0.2) is 0 Å². The van der Waals surface area contributed by atoms with Crippen molar-refractivity contribution in [1.82, 2.24) is 0 Å². The maximum absolute atomic E-state index is 11.4. The highest BCUT2D eigenvalue weighted by molar-refractivity contribution is 5.94. The van der Waals surface area contributed by atoms with Gasteiger partial charge in [-0.05, 0) is 13.3 Å². The molecule has 0 heterocycles. The summed E-state index contributed by atoms with van der Waals surface area (Å²) in [6.45, 7) is 4.04. The molecule has 0 radical (unpaired) electrons. The van der Waals surface area contributed by atoms with Gasteiger partial charge in [0.15, 0.2) is 5.78 Å². The van der Waals surface area contributed by atoms with E-state index in [2.05, 4.69) is 6.92 Å². The molecule has 0 unspecified atom stereocenters. The first-order chi connectivity index (χ1) is 7.72. The van der Waals surface area contributed by atoms with E-state index in [1.807, 2.05) is 0 Å². The molecule has 0 atom stereocenters. The van der Waals surface area contributed by atoms with Crippen LogP contribution in [0.15, 0.2) is 11.8 Å². The average molecular weight is 225 g/mol. The van der Waals surface area contributed by atoms with Crippen LogP contribution >= 0.6 is 0 Å². The number of ketones is 1. The van der Waals surface area contributed by atoms with Gasteiger partial charge in [-0.15, -0.1) is 0 Å². The van der Waals surface area contributed by atoms with Crippen LogP contribution in [0.5, 0.6) is 0 Å². The number of unbranched alkanes of at least 4 members (excludes halogenated alkanes) is 7. The van der Waals surface area contributed by atoms with E-state index in [0.717, 1.165) is 12.8 Å². The van der Waals surface area contributed by atoms with E-state index in [9.17, 15) is 4.79 Å². The quantitative estimate of drug-likeness (QED) is 0.452. The minimum absolute atomic E-state index is 0.105. The third-order valence-electron chi connectivity index (χ3n) is 2.89. The maximum atomic E-state index is 11.4. The van der Waals surface area contributed by atoms with Crippen LogP contribution in [0.4, 0.5) is 0 Å². The summed E-state index contributed by atoms with van der Waals surface area (Å²) in [6, 6.07) is 0. The van der Waals surface area contributed by atoms with Gasteiger partial charge in [-0.1, -0.05) is 57.9 Å². The highest BCUT2D eigenvalue weighted by Gasteiger charge is 2.03. The van der Waals surface area contributed by atoms with E-state index in [4.69, 9.17) is 5.73 Å². The first-order valence-electron chi connectivity index (χ1n) is 6.67. The van der Waals surface area contributed by atoms with Crippen LogP contribution in [-0.2, 0) is 4.79 Å². The van der Waals surface area contributed by atoms with Crippen molar-refractivity contribution in [1.29, 1.82) is 0 Å². The molecular formula is C14H27NO. The van der Waals surface area contributed by atoms with Gasteiger partial charge in [0.1, 0.15) is 0 Å². The summed E-state index contributed by atoms with van der Waals surface area (Å²) in [4.78, 5) is 11.4. The molecule has 0 aromatic heterocycles. The topological polar surface area (TPSA) is 43.1 Å². The fraction of sp³-hybridized carbons (Fsp3) is 0.786. The third-order valence-corrected chi connectivity index (χ3v) is 2.89. The number of hydrogen-bond donors (Lipinski definition) is 1. The highest BCUT2D eigenvalue weighted by atomic mass is 16.1. The summed E-state index contributed by atoms with van der Waals surface area (Å²) in [7, 11) is 0. The lowest BCUT2D eigenvalue weighted by atomic mass is 10.1. The number of rotatable bonds is 10. The van der Waals surface area contributed by atoms with Crippen molar-refractivity contribution in [2.75, 3.05) is 0 Å². The zero-order chi connectivity index (χ0) is 12.2. The first-order valence-corrected chi connectivity index (χ1v) is 6.67. The molecule has 0 amide bonds. The molecule has 0 spiro atoms. The summed E-state index contributed by atoms with van der Waals surface area (Å²) in [5.74, 6) is 0.105. The van der Waals surface area contributed by atoms with Gasteiger partial charge < -0.3 is 5.73 Å². The number of allylic oxidation sites excluding steroid dienone is 2. The normalized spacial score (nSPS) is 11.8. The first kappa shape index (κ1) is 15.2.